The molecule has 0 aromatic carbocycles. The summed E-state index contributed by atoms with van der Waals surface area (Å²) in [5.41, 5.74) is -1.38. The van der Waals surface area contributed by atoms with Crippen molar-refractivity contribution in [2.45, 2.75) is 90.6 Å². The minimum Gasteiger partial charge on any atom is -0.388 e. The first kappa shape index (κ1) is 22.7. The molecule has 1 fully saturated rings. The van der Waals surface area contributed by atoms with Gasteiger partial charge in [-0.25, -0.2) is 0 Å². The van der Waals surface area contributed by atoms with Gasteiger partial charge in [0.25, 0.3) is 0 Å². The van der Waals surface area contributed by atoms with Gasteiger partial charge in [-0.2, -0.15) is 0 Å². The Morgan fingerprint density at radius 1 is 1.04 bits per heavy atom. The van der Waals surface area contributed by atoms with Crippen LogP contribution in [0.1, 0.15) is 84.6 Å². The summed E-state index contributed by atoms with van der Waals surface area (Å²) in [5.74, 6) is -0.205. The highest BCUT2D eigenvalue weighted by atomic mass is 32.1. The van der Waals surface area contributed by atoms with Crippen LogP contribution in [0.5, 0.6) is 0 Å². The number of rotatable bonds is 7. The number of carbonyl (C=O) groups is 2. The average molecular weight is 411 g/mol. The predicted octanol–water partition coefficient (Wildman–Crippen LogP) is 3.39. The predicted molar refractivity (Wildman–Crippen MR) is 111 cm³/mol. The zero-order chi connectivity index (χ0) is 21.0. The largest absolute Gasteiger partial charge is 0.388 e. The molecule has 28 heavy (non-hydrogen) atoms. The fraction of sp³-hybridized carbons (Fsp3) is 0.800. The summed E-state index contributed by atoms with van der Waals surface area (Å²) in [7, 11) is 0. The lowest BCUT2D eigenvalue weighted by atomic mass is 9.84. The lowest BCUT2D eigenvalue weighted by Gasteiger charge is -2.32. The van der Waals surface area contributed by atoms with Crippen LogP contribution in [0.15, 0.2) is 0 Å². The van der Waals surface area contributed by atoms with Gasteiger partial charge in [-0.05, 0) is 18.3 Å². The molecule has 0 radical (unpaired) electrons. The number of aliphatic hydroxyl groups is 1. The van der Waals surface area contributed by atoms with E-state index < -0.39 is 11.0 Å². The molecule has 0 saturated heterocycles. The number of aromatic nitrogens is 2. The molecule has 1 aromatic heterocycles. The van der Waals surface area contributed by atoms with E-state index >= 15 is 0 Å². The number of hydrogen-bond donors (Lipinski definition) is 3. The molecule has 1 heterocycles. The zero-order valence-corrected chi connectivity index (χ0v) is 18.5. The number of nitrogens with one attached hydrogen (secondary N) is 2. The quantitative estimate of drug-likeness (QED) is 0.639. The molecule has 3 N–H and O–H groups in total. The highest BCUT2D eigenvalue weighted by Gasteiger charge is 2.32. The fourth-order valence-corrected chi connectivity index (χ4v) is 4.24. The van der Waals surface area contributed by atoms with Crippen molar-refractivity contribution in [2.75, 3.05) is 11.9 Å². The lowest BCUT2D eigenvalue weighted by molar-refractivity contribution is -0.123. The summed E-state index contributed by atoms with van der Waals surface area (Å²) in [6, 6.07) is 0. The lowest BCUT2D eigenvalue weighted by Crippen LogP contribution is -2.45. The summed E-state index contributed by atoms with van der Waals surface area (Å²) < 4.78 is 0. The molecular weight excluding hydrogens is 376 g/mol. The van der Waals surface area contributed by atoms with Crippen LogP contribution in [0.2, 0.25) is 0 Å². The fourth-order valence-electron chi connectivity index (χ4n) is 3.38. The van der Waals surface area contributed by atoms with Crippen molar-refractivity contribution in [2.24, 2.45) is 5.41 Å². The van der Waals surface area contributed by atoms with Crippen LogP contribution in [0.4, 0.5) is 5.13 Å². The van der Waals surface area contributed by atoms with Crippen LogP contribution < -0.4 is 10.6 Å². The van der Waals surface area contributed by atoms with Gasteiger partial charge in [0, 0.05) is 24.8 Å². The van der Waals surface area contributed by atoms with E-state index in [0.29, 0.717) is 23.1 Å². The van der Waals surface area contributed by atoms with Crippen LogP contribution >= 0.6 is 11.3 Å². The smallest absolute Gasteiger partial charge is 0.226 e. The normalized spacial score (nSPS) is 17.2. The van der Waals surface area contributed by atoms with Gasteiger partial charge in [0.2, 0.25) is 16.9 Å². The molecular formula is C20H34N4O3S. The Hall–Kier alpha value is -1.54. The highest BCUT2D eigenvalue weighted by molar-refractivity contribution is 7.15. The highest BCUT2D eigenvalue weighted by Crippen LogP contribution is 2.32. The summed E-state index contributed by atoms with van der Waals surface area (Å²) in [6.45, 7) is 10.2. The first-order valence-corrected chi connectivity index (χ1v) is 10.8. The minimum absolute atomic E-state index is 0.0912. The SMILES string of the molecule is CC(C)(C)CC(=O)Nc1nnc(C(C)(C)CC(=O)NCC2(O)CCCCC2)s1. The van der Waals surface area contributed by atoms with E-state index in [1.165, 1.54) is 11.3 Å². The van der Waals surface area contributed by atoms with Gasteiger partial charge in [-0.15, -0.1) is 10.2 Å². The number of nitrogens with zero attached hydrogens (tertiary/aromatic N) is 2. The van der Waals surface area contributed by atoms with E-state index in [1.807, 2.05) is 34.6 Å². The van der Waals surface area contributed by atoms with E-state index in [0.717, 1.165) is 32.1 Å². The van der Waals surface area contributed by atoms with Crippen molar-refractivity contribution in [1.82, 2.24) is 15.5 Å². The molecule has 1 aliphatic carbocycles. The molecule has 8 heteroatoms. The Morgan fingerprint density at radius 2 is 1.68 bits per heavy atom. The van der Waals surface area contributed by atoms with Gasteiger partial charge in [-0.1, -0.05) is 65.2 Å². The van der Waals surface area contributed by atoms with Gasteiger partial charge >= 0.3 is 0 Å². The Bertz CT molecular complexity index is 688. The number of carbonyl (C=O) groups excluding carboxylic acids is 2. The molecule has 1 saturated carbocycles. The Labute approximate surface area is 171 Å². The van der Waals surface area contributed by atoms with Gasteiger partial charge in [0.1, 0.15) is 5.01 Å². The number of anilines is 1. The van der Waals surface area contributed by atoms with Crippen LogP contribution in [0.25, 0.3) is 0 Å². The molecule has 0 atom stereocenters. The molecule has 7 nitrogen and oxygen atoms in total. The maximum absolute atomic E-state index is 12.4. The zero-order valence-electron chi connectivity index (χ0n) is 17.7. The molecule has 1 aromatic rings. The Balaban J connectivity index is 1.88. The van der Waals surface area contributed by atoms with Crippen molar-refractivity contribution < 1.29 is 14.7 Å². The van der Waals surface area contributed by atoms with Crippen LogP contribution in [-0.2, 0) is 15.0 Å². The van der Waals surface area contributed by atoms with Crippen molar-refractivity contribution in [1.29, 1.82) is 0 Å². The van der Waals surface area contributed by atoms with Crippen molar-refractivity contribution in [3.05, 3.63) is 5.01 Å². The third-order valence-corrected chi connectivity index (χ3v) is 6.15. The van der Waals surface area contributed by atoms with E-state index in [2.05, 4.69) is 20.8 Å². The summed E-state index contributed by atoms with van der Waals surface area (Å²) in [5, 5.41) is 25.6. The number of hydrogen-bond acceptors (Lipinski definition) is 6. The Kier molecular flexibility index (Phi) is 7.20. The standard InChI is InChI=1S/C20H34N4O3S/c1-18(2,3)11-15(26)22-17-24-23-16(28-17)19(4,5)12-14(25)21-13-20(27)9-7-6-8-10-20/h27H,6-13H2,1-5H3,(H,21,25)(H,22,24,26). The molecule has 158 valence electrons. The van der Waals surface area contributed by atoms with Gasteiger partial charge < -0.3 is 15.7 Å². The third-order valence-electron chi connectivity index (χ3n) is 4.94. The Morgan fingerprint density at radius 3 is 2.29 bits per heavy atom. The second-order valence-electron chi connectivity index (χ2n) is 9.82. The number of amides is 2. The second kappa shape index (κ2) is 8.86. The van der Waals surface area contributed by atoms with E-state index in [9.17, 15) is 14.7 Å². The van der Waals surface area contributed by atoms with E-state index in [1.54, 1.807) is 0 Å². The van der Waals surface area contributed by atoms with E-state index in [4.69, 9.17) is 0 Å². The first-order valence-electron chi connectivity index (χ1n) is 10.0. The van der Waals surface area contributed by atoms with Gasteiger partial charge in [0.15, 0.2) is 0 Å². The van der Waals surface area contributed by atoms with Crippen molar-refractivity contribution in [3.8, 4) is 0 Å². The van der Waals surface area contributed by atoms with Crippen LogP contribution in [0.3, 0.4) is 0 Å². The van der Waals surface area contributed by atoms with Crippen molar-refractivity contribution in [3.63, 3.8) is 0 Å². The summed E-state index contributed by atoms with van der Waals surface area (Å²) >= 11 is 1.30. The molecule has 0 aliphatic heterocycles. The average Bonchev–Trinajstić information content (AvgIpc) is 3.01. The summed E-state index contributed by atoms with van der Waals surface area (Å²) in [4.78, 5) is 24.5. The molecule has 1 aliphatic rings. The van der Waals surface area contributed by atoms with Gasteiger partial charge in [-0.3, -0.25) is 9.59 Å². The molecule has 0 unspecified atom stereocenters. The van der Waals surface area contributed by atoms with Crippen LogP contribution in [-0.4, -0.2) is 39.3 Å². The maximum Gasteiger partial charge on any atom is 0.226 e. The first-order chi connectivity index (χ1) is 12.9. The minimum atomic E-state index is -0.773. The second-order valence-corrected chi connectivity index (χ2v) is 10.8. The third kappa shape index (κ3) is 7.13. The monoisotopic (exact) mass is 410 g/mol. The van der Waals surface area contributed by atoms with Crippen LogP contribution in [0, 0.1) is 5.41 Å². The van der Waals surface area contributed by atoms with Crippen molar-refractivity contribution >= 4 is 28.3 Å². The van der Waals surface area contributed by atoms with E-state index in [-0.39, 0.29) is 23.7 Å². The summed E-state index contributed by atoms with van der Waals surface area (Å²) in [6.07, 6.45) is 5.29. The molecule has 0 bridgehead atoms. The molecule has 2 amide bonds. The molecule has 0 spiro atoms. The molecule has 2 rings (SSSR count). The maximum atomic E-state index is 12.4. The topological polar surface area (TPSA) is 104 Å². The van der Waals surface area contributed by atoms with Gasteiger partial charge in [0.05, 0.1) is 5.60 Å².